The normalized spacial score (nSPS) is 11.6. The zero-order valence-corrected chi connectivity index (χ0v) is 16.1. The van der Waals surface area contributed by atoms with Gasteiger partial charge in [-0.3, -0.25) is 4.99 Å². The van der Waals surface area contributed by atoms with E-state index in [0.717, 1.165) is 35.2 Å². The van der Waals surface area contributed by atoms with Crippen LogP contribution in [0.25, 0.3) is 11.5 Å². The predicted molar refractivity (Wildman–Crippen MR) is 105 cm³/mol. The molecular formula is C19H23N5OS. The molecule has 2 N–H and O–H groups in total. The second-order valence-electron chi connectivity index (χ2n) is 5.98. The van der Waals surface area contributed by atoms with Gasteiger partial charge in [-0.05, 0) is 26.0 Å². The Labute approximate surface area is 157 Å². The number of aryl methyl sites for hydroxylation is 2. The molecule has 0 saturated heterocycles. The lowest BCUT2D eigenvalue weighted by atomic mass is 10.1. The average molecular weight is 369 g/mol. The van der Waals surface area contributed by atoms with Crippen LogP contribution < -0.4 is 10.6 Å². The first-order valence-corrected chi connectivity index (χ1v) is 9.33. The number of guanidine groups is 1. The highest BCUT2D eigenvalue weighted by atomic mass is 32.1. The topological polar surface area (TPSA) is 75.3 Å². The molecule has 0 aliphatic rings. The number of rotatable bonds is 6. The molecule has 0 aliphatic heterocycles. The highest BCUT2D eigenvalue weighted by molar-refractivity contribution is 7.11. The van der Waals surface area contributed by atoms with Crippen LogP contribution in [0.3, 0.4) is 0 Å². The Balaban J connectivity index is 1.48. The number of hydrogen-bond acceptors (Lipinski definition) is 5. The maximum atomic E-state index is 5.58. The van der Waals surface area contributed by atoms with E-state index in [1.807, 2.05) is 30.5 Å². The quantitative estimate of drug-likeness (QED) is 0.515. The fourth-order valence-electron chi connectivity index (χ4n) is 2.42. The van der Waals surface area contributed by atoms with E-state index < -0.39 is 0 Å². The molecule has 1 aromatic carbocycles. The minimum Gasteiger partial charge on any atom is -0.444 e. The lowest BCUT2D eigenvalue weighted by molar-refractivity contribution is 0.572. The molecule has 0 saturated carbocycles. The number of benzene rings is 1. The Morgan fingerprint density at radius 1 is 1.19 bits per heavy atom. The second kappa shape index (κ2) is 8.62. The van der Waals surface area contributed by atoms with Gasteiger partial charge in [0, 0.05) is 36.7 Å². The summed E-state index contributed by atoms with van der Waals surface area (Å²) >= 11 is 1.72. The number of oxazole rings is 1. The lowest BCUT2D eigenvalue weighted by Gasteiger charge is -2.09. The summed E-state index contributed by atoms with van der Waals surface area (Å²) in [6, 6.07) is 8.12. The van der Waals surface area contributed by atoms with Crippen LogP contribution in [0.1, 0.15) is 21.1 Å². The second-order valence-corrected chi connectivity index (χ2v) is 7.30. The van der Waals surface area contributed by atoms with E-state index in [9.17, 15) is 0 Å². The van der Waals surface area contributed by atoms with Crippen molar-refractivity contribution in [3.63, 3.8) is 0 Å². The molecule has 0 radical (unpaired) electrons. The number of aliphatic imine (C=N–C) groups is 1. The molecule has 0 fully saturated rings. The van der Waals surface area contributed by atoms with Crippen molar-refractivity contribution in [3.8, 4) is 11.5 Å². The summed E-state index contributed by atoms with van der Waals surface area (Å²) in [4.78, 5) is 14.4. The number of thiazole rings is 1. The molecule has 6 nitrogen and oxygen atoms in total. The van der Waals surface area contributed by atoms with Gasteiger partial charge >= 0.3 is 0 Å². The van der Waals surface area contributed by atoms with Gasteiger partial charge in [-0.15, -0.1) is 11.3 Å². The Bertz CT molecular complexity index is 866. The highest BCUT2D eigenvalue weighted by Gasteiger charge is 2.07. The standard InChI is InChI=1S/C19H23N5OS/c1-13-4-6-15(7-5-13)18-24-16(12-25-18)11-23-19(20-3)21-9-8-17-22-10-14(2)26-17/h4-7,10,12H,8-9,11H2,1-3H3,(H2,20,21,23). The molecule has 3 aromatic rings. The van der Waals surface area contributed by atoms with Gasteiger partial charge in [0.1, 0.15) is 6.26 Å². The van der Waals surface area contributed by atoms with Gasteiger partial charge in [0.05, 0.1) is 17.2 Å². The molecule has 0 spiro atoms. The van der Waals surface area contributed by atoms with Gasteiger partial charge < -0.3 is 15.1 Å². The molecule has 136 valence electrons. The molecule has 2 heterocycles. The number of hydrogen-bond donors (Lipinski definition) is 2. The van der Waals surface area contributed by atoms with E-state index in [2.05, 4.69) is 39.4 Å². The number of nitrogens with zero attached hydrogens (tertiary/aromatic N) is 3. The highest BCUT2D eigenvalue weighted by Crippen LogP contribution is 2.19. The van der Waals surface area contributed by atoms with E-state index in [1.165, 1.54) is 10.4 Å². The van der Waals surface area contributed by atoms with E-state index in [0.29, 0.717) is 12.4 Å². The average Bonchev–Trinajstić information content (AvgIpc) is 3.28. The Morgan fingerprint density at radius 2 is 2.00 bits per heavy atom. The van der Waals surface area contributed by atoms with Crippen LogP contribution >= 0.6 is 11.3 Å². The first kappa shape index (κ1) is 18.1. The summed E-state index contributed by atoms with van der Waals surface area (Å²) in [5, 5.41) is 7.67. The third kappa shape index (κ3) is 4.92. The molecule has 0 atom stereocenters. The molecular weight excluding hydrogens is 346 g/mol. The van der Waals surface area contributed by atoms with Crippen molar-refractivity contribution >= 4 is 17.3 Å². The summed E-state index contributed by atoms with van der Waals surface area (Å²) in [5.41, 5.74) is 3.02. The Morgan fingerprint density at radius 3 is 2.69 bits per heavy atom. The molecule has 0 bridgehead atoms. The van der Waals surface area contributed by atoms with E-state index in [4.69, 9.17) is 4.42 Å². The molecule has 7 heteroatoms. The molecule has 3 rings (SSSR count). The lowest BCUT2D eigenvalue weighted by Crippen LogP contribution is -2.37. The molecule has 0 amide bonds. The van der Waals surface area contributed by atoms with E-state index in [-0.39, 0.29) is 0 Å². The van der Waals surface area contributed by atoms with Gasteiger partial charge in [0.25, 0.3) is 0 Å². The monoisotopic (exact) mass is 369 g/mol. The summed E-state index contributed by atoms with van der Waals surface area (Å²) in [6.45, 7) is 5.45. The summed E-state index contributed by atoms with van der Waals surface area (Å²) in [5.74, 6) is 1.36. The van der Waals surface area contributed by atoms with Crippen molar-refractivity contribution in [2.24, 2.45) is 4.99 Å². The Hall–Kier alpha value is -2.67. The first-order valence-electron chi connectivity index (χ1n) is 8.51. The van der Waals surface area contributed by atoms with Gasteiger partial charge in [0.2, 0.25) is 5.89 Å². The van der Waals surface area contributed by atoms with Crippen molar-refractivity contribution < 1.29 is 4.42 Å². The number of nitrogens with one attached hydrogen (secondary N) is 2. The van der Waals surface area contributed by atoms with Crippen molar-refractivity contribution in [2.45, 2.75) is 26.8 Å². The fourth-order valence-corrected chi connectivity index (χ4v) is 3.20. The summed E-state index contributed by atoms with van der Waals surface area (Å²) in [7, 11) is 1.75. The molecule has 26 heavy (non-hydrogen) atoms. The molecule has 0 unspecified atom stereocenters. The van der Waals surface area contributed by atoms with Crippen molar-refractivity contribution in [1.29, 1.82) is 0 Å². The summed E-state index contributed by atoms with van der Waals surface area (Å²) < 4.78 is 5.58. The maximum absolute atomic E-state index is 5.58. The maximum Gasteiger partial charge on any atom is 0.226 e. The van der Waals surface area contributed by atoms with Crippen LogP contribution in [0.15, 0.2) is 46.1 Å². The fraction of sp³-hybridized carbons (Fsp3) is 0.316. The van der Waals surface area contributed by atoms with Crippen LogP contribution in [0.4, 0.5) is 0 Å². The SMILES string of the molecule is CN=C(NCCc1ncc(C)s1)NCc1coc(-c2ccc(C)cc2)n1. The van der Waals surface area contributed by atoms with Crippen molar-refractivity contribution in [2.75, 3.05) is 13.6 Å². The Kier molecular flexibility index (Phi) is 6.01. The van der Waals surface area contributed by atoms with Gasteiger partial charge in [-0.25, -0.2) is 9.97 Å². The van der Waals surface area contributed by atoms with Crippen molar-refractivity contribution in [1.82, 2.24) is 20.6 Å². The third-order valence-corrected chi connectivity index (χ3v) is 4.78. The smallest absolute Gasteiger partial charge is 0.226 e. The number of aromatic nitrogens is 2. The van der Waals surface area contributed by atoms with E-state index in [1.54, 1.807) is 24.6 Å². The van der Waals surface area contributed by atoms with Crippen molar-refractivity contribution in [3.05, 3.63) is 57.9 Å². The third-order valence-electron chi connectivity index (χ3n) is 3.81. The minimum absolute atomic E-state index is 0.547. The van der Waals surface area contributed by atoms with Crippen LogP contribution in [0, 0.1) is 13.8 Å². The van der Waals surface area contributed by atoms with Gasteiger partial charge in [-0.1, -0.05) is 17.7 Å². The largest absolute Gasteiger partial charge is 0.444 e. The van der Waals surface area contributed by atoms with E-state index >= 15 is 0 Å². The zero-order chi connectivity index (χ0) is 18.4. The minimum atomic E-state index is 0.547. The molecule has 0 aliphatic carbocycles. The van der Waals surface area contributed by atoms with Crippen LogP contribution in [0.2, 0.25) is 0 Å². The van der Waals surface area contributed by atoms with Gasteiger partial charge in [-0.2, -0.15) is 0 Å². The van der Waals surface area contributed by atoms with Gasteiger partial charge in [0.15, 0.2) is 5.96 Å². The predicted octanol–water partition coefficient (Wildman–Crippen LogP) is 3.32. The van der Waals surface area contributed by atoms with Crippen LogP contribution in [-0.4, -0.2) is 29.5 Å². The zero-order valence-electron chi connectivity index (χ0n) is 15.2. The first-order chi connectivity index (χ1) is 12.6. The van der Waals surface area contributed by atoms with Crippen LogP contribution in [0.5, 0.6) is 0 Å². The molecule has 2 aromatic heterocycles. The summed E-state index contributed by atoms with van der Waals surface area (Å²) in [6.07, 6.45) is 4.46. The van der Waals surface area contributed by atoms with Crippen LogP contribution in [-0.2, 0) is 13.0 Å².